The van der Waals surface area contributed by atoms with Crippen LogP contribution in [-0.2, 0) is 19.6 Å². The number of nitrogens with zero attached hydrogens (tertiary/aromatic N) is 5. The summed E-state index contributed by atoms with van der Waals surface area (Å²) in [6, 6.07) is 0. The predicted molar refractivity (Wildman–Crippen MR) is 83.6 cm³/mol. The van der Waals surface area contributed by atoms with Crippen molar-refractivity contribution in [2.75, 3.05) is 0 Å². The Morgan fingerprint density at radius 3 is 1.91 bits per heavy atom. The van der Waals surface area contributed by atoms with Crippen LogP contribution in [0.25, 0.3) is 0 Å². The SMILES string of the molecule is C=CCn1c(=O)n(CC=C)c(=O)n(Cc2nnsc2Cl)c1=O. The molecule has 2 aromatic heterocycles. The first kappa shape index (κ1) is 16.1. The molecule has 0 spiro atoms. The summed E-state index contributed by atoms with van der Waals surface area (Å²) in [6.45, 7) is 6.80. The molecule has 0 N–H and O–H groups in total. The van der Waals surface area contributed by atoms with Crippen LogP contribution in [0, 0.1) is 0 Å². The van der Waals surface area contributed by atoms with Gasteiger partial charge in [-0.25, -0.2) is 28.1 Å². The first-order valence-corrected chi connectivity index (χ1v) is 7.29. The van der Waals surface area contributed by atoms with E-state index in [9.17, 15) is 14.4 Å². The Labute approximate surface area is 133 Å². The van der Waals surface area contributed by atoms with E-state index in [-0.39, 0.29) is 24.0 Å². The quantitative estimate of drug-likeness (QED) is 0.695. The minimum absolute atomic E-state index is 0.0157. The van der Waals surface area contributed by atoms with Gasteiger partial charge in [0.1, 0.15) is 10.0 Å². The summed E-state index contributed by atoms with van der Waals surface area (Å²) in [4.78, 5) is 36.9. The molecule has 0 bridgehead atoms. The Morgan fingerprint density at radius 1 is 1.00 bits per heavy atom. The van der Waals surface area contributed by atoms with Gasteiger partial charge in [-0.2, -0.15) is 0 Å². The first-order chi connectivity index (χ1) is 10.5. The average Bonchev–Trinajstić information content (AvgIpc) is 2.89. The van der Waals surface area contributed by atoms with Gasteiger partial charge in [-0.3, -0.25) is 0 Å². The lowest BCUT2D eigenvalue weighted by Crippen LogP contribution is -2.54. The van der Waals surface area contributed by atoms with Crippen LogP contribution in [0.15, 0.2) is 39.7 Å². The van der Waals surface area contributed by atoms with Gasteiger partial charge in [0.15, 0.2) is 0 Å². The lowest BCUT2D eigenvalue weighted by atomic mass is 10.5. The molecule has 0 unspecified atom stereocenters. The predicted octanol–water partition coefficient (Wildman–Crippen LogP) is 0.0969. The average molecular weight is 342 g/mol. The smallest absolute Gasteiger partial charge is 0.247 e. The lowest BCUT2D eigenvalue weighted by Gasteiger charge is -2.11. The molecule has 0 saturated heterocycles. The number of aromatic nitrogens is 5. The van der Waals surface area contributed by atoms with Crippen LogP contribution in [0.2, 0.25) is 4.34 Å². The summed E-state index contributed by atoms with van der Waals surface area (Å²) < 4.78 is 6.63. The van der Waals surface area contributed by atoms with Crippen LogP contribution in [-0.4, -0.2) is 23.3 Å². The number of halogens is 1. The molecular formula is C12H12ClN5O3S. The second-order valence-corrected chi connectivity index (χ2v) is 5.58. The summed E-state index contributed by atoms with van der Waals surface area (Å²) in [5.74, 6) is 0. The maximum atomic E-state index is 12.3. The van der Waals surface area contributed by atoms with Crippen molar-refractivity contribution in [1.29, 1.82) is 0 Å². The fraction of sp³-hybridized carbons (Fsp3) is 0.250. The normalized spacial score (nSPS) is 10.6. The van der Waals surface area contributed by atoms with E-state index >= 15 is 0 Å². The Morgan fingerprint density at radius 2 is 1.50 bits per heavy atom. The van der Waals surface area contributed by atoms with Gasteiger partial charge in [-0.05, 0) is 0 Å². The summed E-state index contributed by atoms with van der Waals surface area (Å²) in [6.07, 6.45) is 2.79. The van der Waals surface area contributed by atoms with Crippen molar-refractivity contribution in [2.45, 2.75) is 19.6 Å². The maximum absolute atomic E-state index is 12.3. The fourth-order valence-electron chi connectivity index (χ4n) is 1.83. The highest BCUT2D eigenvalue weighted by Crippen LogP contribution is 2.16. The van der Waals surface area contributed by atoms with Gasteiger partial charge in [-0.15, -0.1) is 18.3 Å². The van der Waals surface area contributed by atoms with Crippen molar-refractivity contribution in [3.63, 3.8) is 0 Å². The van der Waals surface area contributed by atoms with Gasteiger partial charge in [0.25, 0.3) is 0 Å². The second kappa shape index (κ2) is 6.67. The largest absolute Gasteiger partial charge is 0.336 e. The van der Waals surface area contributed by atoms with Gasteiger partial charge in [-0.1, -0.05) is 28.2 Å². The molecule has 2 rings (SSSR count). The van der Waals surface area contributed by atoms with E-state index < -0.39 is 17.1 Å². The van der Waals surface area contributed by atoms with Gasteiger partial charge in [0, 0.05) is 11.5 Å². The first-order valence-electron chi connectivity index (χ1n) is 6.14. The van der Waals surface area contributed by atoms with E-state index in [1.807, 2.05) is 0 Å². The van der Waals surface area contributed by atoms with Gasteiger partial charge in [0.2, 0.25) is 0 Å². The van der Waals surface area contributed by atoms with Crippen molar-refractivity contribution < 1.29 is 0 Å². The molecule has 0 amide bonds. The minimum Gasteiger partial charge on any atom is -0.247 e. The van der Waals surface area contributed by atoms with Gasteiger partial charge >= 0.3 is 17.1 Å². The van der Waals surface area contributed by atoms with E-state index in [0.717, 1.165) is 25.2 Å². The van der Waals surface area contributed by atoms with Crippen molar-refractivity contribution in [3.05, 3.63) is 66.8 Å². The highest BCUT2D eigenvalue weighted by molar-refractivity contribution is 7.10. The monoisotopic (exact) mass is 341 g/mol. The summed E-state index contributed by atoms with van der Waals surface area (Å²) in [7, 11) is 0. The van der Waals surface area contributed by atoms with Gasteiger partial charge in [0.05, 0.1) is 19.6 Å². The molecular weight excluding hydrogens is 330 g/mol. The molecule has 0 aromatic carbocycles. The molecule has 10 heteroatoms. The summed E-state index contributed by atoms with van der Waals surface area (Å²) in [5.41, 5.74) is -1.92. The van der Waals surface area contributed by atoms with Crippen molar-refractivity contribution >= 4 is 23.1 Å². The highest BCUT2D eigenvalue weighted by Gasteiger charge is 2.16. The minimum atomic E-state index is -0.751. The molecule has 0 aliphatic carbocycles. The number of allylic oxidation sites excluding steroid dienone is 2. The number of hydrogen-bond acceptors (Lipinski definition) is 6. The van der Waals surface area contributed by atoms with Crippen LogP contribution in [0.4, 0.5) is 0 Å². The molecule has 2 aromatic rings. The molecule has 0 aliphatic heterocycles. The Balaban J connectivity index is 2.72. The third kappa shape index (κ3) is 2.85. The molecule has 0 fully saturated rings. The fourth-order valence-corrected chi connectivity index (χ4v) is 2.44. The molecule has 116 valence electrons. The van der Waals surface area contributed by atoms with Crippen molar-refractivity contribution in [3.8, 4) is 0 Å². The molecule has 22 heavy (non-hydrogen) atoms. The second-order valence-electron chi connectivity index (χ2n) is 4.23. The van der Waals surface area contributed by atoms with Crippen LogP contribution in [0.5, 0.6) is 0 Å². The van der Waals surface area contributed by atoms with E-state index in [0.29, 0.717) is 5.69 Å². The summed E-state index contributed by atoms with van der Waals surface area (Å²) in [5, 5.41) is 3.77. The van der Waals surface area contributed by atoms with Crippen LogP contribution in [0.1, 0.15) is 5.69 Å². The molecule has 0 atom stereocenters. The van der Waals surface area contributed by atoms with Crippen LogP contribution in [0.3, 0.4) is 0 Å². The van der Waals surface area contributed by atoms with Crippen LogP contribution >= 0.6 is 23.1 Å². The van der Waals surface area contributed by atoms with Crippen molar-refractivity contribution in [2.24, 2.45) is 0 Å². The highest BCUT2D eigenvalue weighted by atomic mass is 35.5. The lowest BCUT2D eigenvalue weighted by molar-refractivity contribution is 0.495. The standard InChI is InChI=1S/C12H12ClN5O3S/c1-3-5-16-10(19)17(6-4-2)12(21)18(11(16)20)7-8-9(13)22-15-14-8/h3-4H,1-2,5-7H2. The third-order valence-electron chi connectivity index (χ3n) is 2.83. The van der Waals surface area contributed by atoms with E-state index in [1.54, 1.807) is 0 Å². The molecule has 0 radical (unpaired) electrons. The van der Waals surface area contributed by atoms with E-state index in [2.05, 4.69) is 22.7 Å². The molecule has 0 aliphatic rings. The van der Waals surface area contributed by atoms with E-state index in [4.69, 9.17) is 11.6 Å². The Kier molecular flexibility index (Phi) is 4.88. The number of rotatable bonds is 6. The topological polar surface area (TPSA) is 91.8 Å². The Bertz CT molecular complexity index is 843. The zero-order valence-corrected chi connectivity index (χ0v) is 13.0. The Hall–Kier alpha value is -2.26. The van der Waals surface area contributed by atoms with Crippen LogP contribution < -0.4 is 17.1 Å². The van der Waals surface area contributed by atoms with Gasteiger partial charge < -0.3 is 0 Å². The molecule has 8 nitrogen and oxygen atoms in total. The zero-order chi connectivity index (χ0) is 16.3. The summed E-state index contributed by atoms with van der Waals surface area (Å²) >= 11 is 6.84. The third-order valence-corrected chi connectivity index (χ3v) is 3.81. The number of hydrogen-bond donors (Lipinski definition) is 0. The molecule has 0 saturated carbocycles. The molecule has 2 heterocycles. The zero-order valence-electron chi connectivity index (χ0n) is 11.4. The van der Waals surface area contributed by atoms with Crippen molar-refractivity contribution in [1.82, 2.24) is 23.3 Å². The maximum Gasteiger partial charge on any atom is 0.336 e. The van der Waals surface area contributed by atoms with E-state index in [1.165, 1.54) is 12.2 Å².